The molecule has 1 saturated carbocycles. The fourth-order valence-electron chi connectivity index (χ4n) is 2.33. The molecule has 0 aliphatic heterocycles. The van der Waals surface area contributed by atoms with Crippen molar-refractivity contribution in [3.05, 3.63) is 0 Å². The SMILES string of the molecule is O=C(O)CN(CC(=O)O)CC1(O)CCCCC1. The van der Waals surface area contributed by atoms with E-state index in [1.54, 1.807) is 0 Å². The summed E-state index contributed by atoms with van der Waals surface area (Å²) in [5.41, 5.74) is -0.927. The molecule has 0 radical (unpaired) electrons. The summed E-state index contributed by atoms with van der Waals surface area (Å²) < 4.78 is 0. The average molecular weight is 245 g/mol. The number of carbonyl (C=O) groups is 2. The second-order valence-corrected chi connectivity index (χ2v) is 4.72. The fraction of sp³-hybridized carbons (Fsp3) is 0.818. The van der Waals surface area contributed by atoms with Crippen LogP contribution in [0.2, 0.25) is 0 Å². The summed E-state index contributed by atoms with van der Waals surface area (Å²) in [6.45, 7) is -0.588. The first kappa shape index (κ1) is 13.9. The maximum atomic E-state index is 10.6. The molecule has 0 unspecified atom stereocenters. The number of aliphatic carboxylic acids is 2. The highest BCUT2D eigenvalue weighted by Gasteiger charge is 2.32. The number of nitrogens with zero attached hydrogens (tertiary/aromatic N) is 1. The van der Waals surface area contributed by atoms with Gasteiger partial charge < -0.3 is 15.3 Å². The van der Waals surface area contributed by atoms with E-state index in [1.165, 1.54) is 4.90 Å². The Morgan fingerprint density at radius 3 is 1.88 bits per heavy atom. The van der Waals surface area contributed by atoms with Crippen molar-refractivity contribution < 1.29 is 24.9 Å². The van der Waals surface area contributed by atoms with Crippen molar-refractivity contribution in [3.8, 4) is 0 Å². The molecule has 1 rings (SSSR count). The van der Waals surface area contributed by atoms with Crippen molar-refractivity contribution >= 4 is 11.9 Å². The third-order valence-electron chi connectivity index (χ3n) is 3.02. The lowest BCUT2D eigenvalue weighted by Crippen LogP contribution is -2.47. The molecule has 0 amide bonds. The van der Waals surface area contributed by atoms with Gasteiger partial charge in [-0.25, -0.2) is 0 Å². The number of hydrogen-bond acceptors (Lipinski definition) is 4. The van der Waals surface area contributed by atoms with Crippen LogP contribution in [-0.4, -0.2) is 57.4 Å². The van der Waals surface area contributed by atoms with E-state index in [0.29, 0.717) is 12.8 Å². The molecule has 0 aromatic rings. The molecule has 0 atom stereocenters. The molecule has 6 heteroatoms. The lowest BCUT2D eigenvalue weighted by atomic mass is 9.84. The molecule has 3 N–H and O–H groups in total. The predicted octanol–water partition coefficient (Wildman–Crippen LogP) is 0.153. The topological polar surface area (TPSA) is 98.1 Å². The van der Waals surface area contributed by atoms with Crippen LogP contribution < -0.4 is 0 Å². The second-order valence-electron chi connectivity index (χ2n) is 4.72. The molecular weight excluding hydrogens is 226 g/mol. The lowest BCUT2D eigenvalue weighted by Gasteiger charge is -2.35. The van der Waals surface area contributed by atoms with Crippen LogP contribution in [0.5, 0.6) is 0 Å². The minimum absolute atomic E-state index is 0.117. The summed E-state index contributed by atoms with van der Waals surface area (Å²) in [6.07, 6.45) is 4.11. The van der Waals surface area contributed by atoms with Gasteiger partial charge in [0.25, 0.3) is 0 Å². The van der Waals surface area contributed by atoms with Crippen molar-refractivity contribution in [1.82, 2.24) is 4.90 Å². The Kier molecular flexibility index (Phi) is 4.89. The minimum atomic E-state index is -1.08. The third-order valence-corrected chi connectivity index (χ3v) is 3.02. The molecule has 1 fully saturated rings. The van der Waals surface area contributed by atoms with Gasteiger partial charge in [-0.15, -0.1) is 0 Å². The van der Waals surface area contributed by atoms with Crippen LogP contribution in [0.25, 0.3) is 0 Å². The molecule has 0 bridgehead atoms. The van der Waals surface area contributed by atoms with Gasteiger partial charge in [-0.1, -0.05) is 19.3 Å². The molecule has 0 saturated heterocycles. The van der Waals surface area contributed by atoms with E-state index in [-0.39, 0.29) is 19.6 Å². The van der Waals surface area contributed by atoms with Crippen molar-refractivity contribution in [2.45, 2.75) is 37.7 Å². The standard InChI is InChI=1S/C11H19NO5/c13-9(14)6-12(7-10(15)16)8-11(17)4-2-1-3-5-11/h17H,1-8H2,(H,13,14)(H,15,16). The highest BCUT2D eigenvalue weighted by molar-refractivity contribution is 5.72. The molecule has 6 nitrogen and oxygen atoms in total. The normalized spacial score (nSPS) is 19.2. The highest BCUT2D eigenvalue weighted by atomic mass is 16.4. The molecule has 17 heavy (non-hydrogen) atoms. The van der Waals surface area contributed by atoms with Crippen LogP contribution >= 0.6 is 0 Å². The van der Waals surface area contributed by atoms with Gasteiger partial charge >= 0.3 is 11.9 Å². The molecule has 1 aliphatic carbocycles. The maximum absolute atomic E-state index is 10.6. The van der Waals surface area contributed by atoms with Crippen LogP contribution in [0, 0.1) is 0 Å². The fourth-order valence-corrected chi connectivity index (χ4v) is 2.33. The monoisotopic (exact) mass is 245 g/mol. The summed E-state index contributed by atoms with van der Waals surface area (Å²) in [7, 11) is 0. The quantitative estimate of drug-likeness (QED) is 0.616. The third kappa shape index (κ3) is 5.14. The number of carboxylic acid groups (broad SMARTS) is 2. The van der Waals surface area contributed by atoms with Crippen LogP contribution in [0.3, 0.4) is 0 Å². The van der Waals surface area contributed by atoms with Crippen molar-refractivity contribution in [2.75, 3.05) is 19.6 Å². The Labute approximate surface area is 99.8 Å². The Balaban J connectivity index is 2.56. The van der Waals surface area contributed by atoms with Gasteiger partial charge in [-0.2, -0.15) is 0 Å². The smallest absolute Gasteiger partial charge is 0.317 e. The molecular formula is C11H19NO5. The Morgan fingerprint density at radius 1 is 1.00 bits per heavy atom. The van der Waals surface area contributed by atoms with Gasteiger partial charge in [-0.05, 0) is 12.8 Å². The molecule has 1 aliphatic rings. The first-order valence-corrected chi connectivity index (χ1v) is 5.80. The number of hydrogen-bond donors (Lipinski definition) is 3. The van der Waals surface area contributed by atoms with E-state index in [9.17, 15) is 14.7 Å². The van der Waals surface area contributed by atoms with E-state index in [2.05, 4.69) is 0 Å². The summed E-state index contributed by atoms with van der Waals surface area (Å²) in [6, 6.07) is 0. The van der Waals surface area contributed by atoms with Gasteiger partial charge in [0.1, 0.15) is 0 Å². The lowest BCUT2D eigenvalue weighted by molar-refractivity contribution is -0.143. The van der Waals surface area contributed by atoms with Gasteiger partial charge in [0, 0.05) is 6.54 Å². The zero-order valence-corrected chi connectivity index (χ0v) is 9.76. The van der Waals surface area contributed by atoms with Crippen LogP contribution in [0.1, 0.15) is 32.1 Å². The Bertz CT molecular complexity index is 270. The van der Waals surface area contributed by atoms with Crippen LogP contribution in [0.15, 0.2) is 0 Å². The molecule has 0 aromatic carbocycles. The van der Waals surface area contributed by atoms with Crippen LogP contribution in [0.4, 0.5) is 0 Å². The first-order chi connectivity index (χ1) is 7.91. The molecule has 0 spiro atoms. The van der Waals surface area contributed by atoms with Crippen LogP contribution in [-0.2, 0) is 9.59 Å². The minimum Gasteiger partial charge on any atom is -0.480 e. The largest absolute Gasteiger partial charge is 0.480 e. The number of carboxylic acids is 2. The molecule has 0 heterocycles. The zero-order valence-electron chi connectivity index (χ0n) is 9.76. The predicted molar refractivity (Wildman–Crippen MR) is 59.7 cm³/mol. The van der Waals surface area contributed by atoms with E-state index >= 15 is 0 Å². The van der Waals surface area contributed by atoms with Gasteiger partial charge in [0.2, 0.25) is 0 Å². The molecule has 0 aromatic heterocycles. The maximum Gasteiger partial charge on any atom is 0.317 e. The Hall–Kier alpha value is -1.14. The van der Waals surface area contributed by atoms with E-state index in [4.69, 9.17) is 10.2 Å². The Morgan fingerprint density at radius 2 is 1.47 bits per heavy atom. The summed E-state index contributed by atoms with van der Waals surface area (Å²) in [4.78, 5) is 22.5. The van der Waals surface area contributed by atoms with E-state index in [0.717, 1.165) is 19.3 Å². The van der Waals surface area contributed by atoms with Gasteiger partial charge in [0.05, 0.1) is 18.7 Å². The first-order valence-electron chi connectivity index (χ1n) is 5.80. The van der Waals surface area contributed by atoms with E-state index < -0.39 is 17.5 Å². The zero-order chi connectivity index (χ0) is 12.9. The van der Waals surface area contributed by atoms with Crippen molar-refractivity contribution in [1.29, 1.82) is 0 Å². The van der Waals surface area contributed by atoms with Gasteiger partial charge in [0.15, 0.2) is 0 Å². The van der Waals surface area contributed by atoms with Gasteiger partial charge in [-0.3, -0.25) is 14.5 Å². The molecule has 98 valence electrons. The number of aliphatic hydroxyl groups is 1. The number of rotatable bonds is 6. The summed E-state index contributed by atoms with van der Waals surface area (Å²) in [5, 5.41) is 27.6. The highest BCUT2D eigenvalue weighted by Crippen LogP contribution is 2.28. The summed E-state index contributed by atoms with van der Waals surface area (Å²) >= 11 is 0. The second kappa shape index (κ2) is 5.97. The van der Waals surface area contributed by atoms with E-state index in [1.807, 2.05) is 0 Å². The van der Waals surface area contributed by atoms with Crippen molar-refractivity contribution in [3.63, 3.8) is 0 Å². The average Bonchev–Trinajstić information content (AvgIpc) is 2.15. The summed E-state index contributed by atoms with van der Waals surface area (Å²) in [5.74, 6) is -2.16. The van der Waals surface area contributed by atoms with Crippen molar-refractivity contribution in [2.24, 2.45) is 0 Å².